The molecule has 6 nitrogen and oxygen atoms in total. The van der Waals surface area contributed by atoms with Gasteiger partial charge < -0.3 is 4.52 Å². The van der Waals surface area contributed by atoms with Crippen LogP contribution in [0.4, 0.5) is 0 Å². The lowest BCUT2D eigenvalue weighted by atomic mass is 10.2. The van der Waals surface area contributed by atoms with Gasteiger partial charge in [0.25, 0.3) is 0 Å². The number of aryl methyl sites for hydroxylation is 1. The van der Waals surface area contributed by atoms with Gasteiger partial charge in [-0.25, -0.2) is 9.97 Å². The fourth-order valence-corrected chi connectivity index (χ4v) is 4.87. The third kappa shape index (κ3) is 6.87. The van der Waals surface area contributed by atoms with Crippen LogP contribution < -0.4 is 4.52 Å². The van der Waals surface area contributed by atoms with Crippen molar-refractivity contribution in [2.45, 2.75) is 40.5 Å². The average Bonchev–Trinajstić information content (AvgIpc) is 3.10. The molecule has 0 saturated heterocycles. The molecule has 0 amide bonds. The van der Waals surface area contributed by atoms with Crippen LogP contribution in [0.15, 0.2) is 35.8 Å². The predicted molar refractivity (Wildman–Crippen MR) is 119 cm³/mol. The molecule has 0 bridgehead atoms. The maximum Gasteiger partial charge on any atom is 0.381 e. The minimum absolute atomic E-state index is 0.222. The highest BCUT2D eigenvalue weighted by Crippen LogP contribution is 2.49. The van der Waals surface area contributed by atoms with Crippen LogP contribution in [0.3, 0.4) is 0 Å². The first-order chi connectivity index (χ1) is 13.4. The van der Waals surface area contributed by atoms with Gasteiger partial charge in [0.05, 0.1) is 28.9 Å². The molecule has 3 aromatic rings. The zero-order chi connectivity index (χ0) is 20.6. The summed E-state index contributed by atoms with van der Waals surface area (Å²) in [5.74, 6) is 1.37. The molecule has 3 rings (SSSR count). The Balaban J connectivity index is 0.000000255. The molecule has 0 aliphatic carbocycles. The lowest BCUT2D eigenvalue weighted by Crippen LogP contribution is -2.06. The van der Waals surface area contributed by atoms with E-state index in [2.05, 4.69) is 21.0 Å². The zero-order valence-corrected chi connectivity index (χ0v) is 19.3. The third-order valence-electron chi connectivity index (χ3n) is 3.38. The van der Waals surface area contributed by atoms with Gasteiger partial charge in [-0.1, -0.05) is 26.0 Å². The number of fused-ring (bicyclic) bond motifs is 1. The number of thiazole rings is 1. The van der Waals surface area contributed by atoms with Gasteiger partial charge in [0.15, 0.2) is 0 Å². The van der Waals surface area contributed by atoms with Gasteiger partial charge in [0.2, 0.25) is 5.88 Å². The Labute approximate surface area is 175 Å². The molecule has 2 aromatic heterocycles. The lowest BCUT2D eigenvalue weighted by Gasteiger charge is -2.20. The monoisotopic (exact) mass is 439 g/mol. The number of aromatic nitrogens is 3. The van der Waals surface area contributed by atoms with Crippen LogP contribution >= 0.6 is 18.1 Å². The predicted octanol–water partition coefficient (Wildman–Crippen LogP) is 5.88. The number of para-hydroxylation sites is 1. The van der Waals surface area contributed by atoms with Crippen molar-refractivity contribution in [3.8, 4) is 5.88 Å². The Morgan fingerprint density at radius 2 is 1.79 bits per heavy atom. The molecule has 0 atom stereocenters. The molecule has 0 aliphatic heterocycles. The summed E-state index contributed by atoms with van der Waals surface area (Å²) >= 11 is 6.99. The third-order valence-corrected chi connectivity index (χ3v) is 6.61. The normalized spacial score (nSPS) is 11.4. The van der Waals surface area contributed by atoms with E-state index in [1.807, 2.05) is 58.3 Å². The van der Waals surface area contributed by atoms with Crippen LogP contribution in [0, 0.1) is 6.92 Å². The van der Waals surface area contributed by atoms with Crippen molar-refractivity contribution in [2.75, 3.05) is 13.2 Å². The van der Waals surface area contributed by atoms with Gasteiger partial charge in [-0.2, -0.15) is 4.98 Å². The van der Waals surface area contributed by atoms with Gasteiger partial charge in [-0.3, -0.25) is 9.05 Å². The maximum absolute atomic E-state index is 5.68. The second kappa shape index (κ2) is 10.9. The van der Waals surface area contributed by atoms with Crippen molar-refractivity contribution in [3.05, 3.63) is 47.4 Å². The van der Waals surface area contributed by atoms with E-state index < -0.39 is 6.72 Å². The van der Waals surface area contributed by atoms with Crippen molar-refractivity contribution in [1.82, 2.24) is 15.0 Å². The van der Waals surface area contributed by atoms with Crippen molar-refractivity contribution in [2.24, 2.45) is 0 Å². The van der Waals surface area contributed by atoms with E-state index in [4.69, 9.17) is 25.4 Å². The molecule has 0 fully saturated rings. The summed E-state index contributed by atoms with van der Waals surface area (Å²) in [5, 5.41) is 0. The van der Waals surface area contributed by atoms with Crippen LogP contribution in [0.25, 0.3) is 10.2 Å². The molecular weight excluding hydrogens is 413 g/mol. The highest BCUT2D eigenvalue weighted by atomic mass is 32.5. The summed E-state index contributed by atoms with van der Waals surface area (Å²) in [4.78, 5) is 12.8. The summed E-state index contributed by atoms with van der Waals surface area (Å²) in [5.41, 5.74) is 3.80. The first-order valence-corrected chi connectivity index (χ1v) is 12.5. The van der Waals surface area contributed by atoms with E-state index in [0.717, 1.165) is 17.0 Å². The van der Waals surface area contributed by atoms with Crippen LogP contribution in [0.2, 0.25) is 0 Å². The first-order valence-electron chi connectivity index (χ1n) is 9.09. The molecule has 0 radical (unpaired) electrons. The van der Waals surface area contributed by atoms with Crippen LogP contribution in [0.1, 0.15) is 45.1 Å². The smallest absolute Gasteiger partial charge is 0.381 e. The fourth-order valence-electron chi connectivity index (χ4n) is 2.19. The van der Waals surface area contributed by atoms with Gasteiger partial charge in [0, 0.05) is 29.5 Å². The minimum Gasteiger partial charge on any atom is -0.406 e. The van der Waals surface area contributed by atoms with E-state index in [1.54, 1.807) is 17.4 Å². The van der Waals surface area contributed by atoms with Crippen molar-refractivity contribution >= 4 is 40.1 Å². The van der Waals surface area contributed by atoms with Crippen LogP contribution in [0.5, 0.6) is 5.88 Å². The van der Waals surface area contributed by atoms with Crippen LogP contribution in [-0.4, -0.2) is 28.2 Å². The lowest BCUT2D eigenvalue weighted by molar-refractivity contribution is 0.215. The summed E-state index contributed by atoms with van der Waals surface area (Å²) in [6.45, 7) is 7.78. The Morgan fingerprint density at radius 3 is 2.39 bits per heavy atom. The summed E-state index contributed by atoms with van der Waals surface area (Å²) in [6.07, 6.45) is 0. The van der Waals surface area contributed by atoms with Crippen molar-refractivity contribution < 1.29 is 13.6 Å². The average molecular weight is 440 g/mol. The molecule has 1 aromatic carbocycles. The number of nitrogens with zero attached hydrogens (tertiary/aromatic N) is 3. The Morgan fingerprint density at radius 1 is 1.11 bits per heavy atom. The van der Waals surface area contributed by atoms with E-state index in [0.29, 0.717) is 19.1 Å². The first kappa shape index (κ1) is 22.8. The molecule has 28 heavy (non-hydrogen) atoms. The van der Waals surface area contributed by atoms with E-state index in [-0.39, 0.29) is 5.92 Å². The quantitative estimate of drug-likeness (QED) is 0.426. The molecule has 9 heteroatoms. The molecule has 0 saturated carbocycles. The number of hydrogen-bond donors (Lipinski definition) is 0. The second-order valence-corrected chi connectivity index (χ2v) is 9.88. The molecular formula is C19H26N3O3PS2. The van der Waals surface area contributed by atoms with Gasteiger partial charge in [0.1, 0.15) is 5.82 Å². The number of hydrogen-bond acceptors (Lipinski definition) is 8. The zero-order valence-electron chi connectivity index (χ0n) is 16.8. The minimum atomic E-state index is -2.77. The van der Waals surface area contributed by atoms with Gasteiger partial charge in [-0.15, -0.1) is 11.3 Å². The largest absolute Gasteiger partial charge is 0.406 e. The maximum atomic E-state index is 5.68. The standard InChI is InChI=1S/C12H21N2O3PS.C7H5NS/c1-6-15-18(19,16-7-2)17-11-8-10(5)13-12(14-11)9(3)4;1-2-4-7-6(3-1)8-5-9-7/h8-9H,6-7H2,1-5H3;1-5H. The number of rotatable bonds is 7. The van der Waals surface area contributed by atoms with Crippen LogP contribution in [-0.2, 0) is 20.9 Å². The Bertz CT molecular complexity index is 893. The SMILES string of the molecule is CCOP(=S)(OCC)Oc1cc(C)nc(C(C)C)n1.c1ccc2scnc2c1. The molecule has 0 N–H and O–H groups in total. The molecule has 0 unspecified atom stereocenters. The van der Waals surface area contributed by atoms with Crippen molar-refractivity contribution in [3.63, 3.8) is 0 Å². The molecule has 0 spiro atoms. The summed E-state index contributed by atoms with van der Waals surface area (Å²) in [6, 6.07) is 9.87. The van der Waals surface area contributed by atoms with E-state index >= 15 is 0 Å². The fraction of sp³-hybridized carbons (Fsp3) is 0.421. The summed E-state index contributed by atoms with van der Waals surface area (Å²) in [7, 11) is 0. The van der Waals surface area contributed by atoms with E-state index in [9.17, 15) is 0 Å². The Kier molecular flexibility index (Phi) is 8.92. The van der Waals surface area contributed by atoms with E-state index in [1.165, 1.54) is 4.70 Å². The highest BCUT2D eigenvalue weighted by Gasteiger charge is 2.22. The highest BCUT2D eigenvalue weighted by molar-refractivity contribution is 8.07. The Hall–Kier alpha value is -1.44. The second-order valence-electron chi connectivity index (χ2n) is 6.05. The van der Waals surface area contributed by atoms with Crippen molar-refractivity contribution in [1.29, 1.82) is 0 Å². The molecule has 2 heterocycles. The van der Waals surface area contributed by atoms with Gasteiger partial charge in [-0.05, 0) is 32.9 Å². The number of benzene rings is 1. The van der Waals surface area contributed by atoms with Gasteiger partial charge >= 0.3 is 6.72 Å². The molecule has 152 valence electrons. The summed E-state index contributed by atoms with van der Waals surface area (Å²) < 4.78 is 17.8. The topological polar surface area (TPSA) is 66.4 Å². The molecule has 0 aliphatic rings.